The third kappa shape index (κ3) is 3.78. The standard InChI is InChI=1S/C13H21N3O2/c1-4-10(6-14-7-11(17)5-2)12-9(3)13(18)16-8-15-12/h4,8,11,14,17H,5-7H2,1-3H3,(H,15,16,18)/b10-4-/t11-/m1/s1. The highest BCUT2D eigenvalue weighted by Gasteiger charge is 2.09. The first-order valence-corrected chi connectivity index (χ1v) is 6.18. The van der Waals surface area contributed by atoms with E-state index in [-0.39, 0.29) is 11.7 Å². The van der Waals surface area contributed by atoms with E-state index < -0.39 is 0 Å². The number of hydrogen-bond donors (Lipinski definition) is 3. The average Bonchev–Trinajstić information content (AvgIpc) is 2.38. The minimum Gasteiger partial charge on any atom is -0.392 e. The molecular formula is C13H21N3O2. The van der Waals surface area contributed by atoms with Gasteiger partial charge in [-0.25, -0.2) is 4.98 Å². The van der Waals surface area contributed by atoms with Crippen molar-refractivity contribution >= 4 is 5.57 Å². The summed E-state index contributed by atoms with van der Waals surface area (Å²) in [6.07, 6.45) is 3.73. The van der Waals surface area contributed by atoms with Gasteiger partial charge in [-0.1, -0.05) is 13.0 Å². The number of rotatable bonds is 6. The van der Waals surface area contributed by atoms with Gasteiger partial charge in [-0.2, -0.15) is 0 Å². The fourth-order valence-electron chi connectivity index (χ4n) is 1.63. The van der Waals surface area contributed by atoms with Crippen molar-refractivity contribution in [2.24, 2.45) is 0 Å². The minimum atomic E-state index is -0.337. The number of hydrogen-bond acceptors (Lipinski definition) is 4. The molecule has 1 atom stereocenters. The van der Waals surface area contributed by atoms with Crippen molar-refractivity contribution in [1.82, 2.24) is 15.3 Å². The summed E-state index contributed by atoms with van der Waals surface area (Å²) in [5.74, 6) is 0. The van der Waals surface area contributed by atoms with Gasteiger partial charge in [-0.05, 0) is 25.8 Å². The van der Waals surface area contributed by atoms with Gasteiger partial charge in [-0.3, -0.25) is 4.79 Å². The molecule has 1 heterocycles. The van der Waals surface area contributed by atoms with E-state index in [2.05, 4.69) is 15.3 Å². The first kappa shape index (κ1) is 14.6. The van der Waals surface area contributed by atoms with Gasteiger partial charge in [0.1, 0.15) is 0 Å². The highest BCUT2D eigenvalue weighted by Crippen LogP contribution is 2.11. The number of aliphatic hydroxyl groups is 1. The van der Waals surface area contributed by atoms with Crippen LogP contribution in [0.5, 0.6) is 0 Å². The molecule has 0 fully saturated rings. The maximum Gasteiger partial charge on any atom is 0.254 e. The van der Waals surface area contributed by atoms with Crippen LogP contribution in [0.1, 0.15) is 31.5 Å². The van der Waals surface area contributed by atoms with Gasteiger partial charge in [0, 0.05) is 18.7 Å². The molecule has 100 valence electrons. The molecule has 0 aromatic carbocycles. The largest absolute Gasteiger partial charge is 0.392 e. The van der Waals surface area contributed by atoms with Crippen LogP contribution >= 0.6 is 0 Å². The van der Waals surface area contributed by atoms with E-state index in [0.717, 1.165) is 12.0 Å². The summed E-state index contributed by atoms with van der Waals surface area (Å²) in [5.41, 5.74) is 2.16. The molecule has 0 saturated heterocycles. The lowest BCUT2D eigenvalue weighted by Gasteiger charge is -2.12. The number of H-pyrrole nitrogens is 1. The smallest absolute Gasteiger partial charge is 0.254 e. The Morgan fingerprint density at radius 1 is 1.67 bits per heavy atom. The van der Waals surface area contributed by atoms with Gasteiger partial charge in [0.05, 0.1) is 18.1 Å². The first-order chi connectivity index (χ1) is 8.60. The molecule has 1 aromatic rings. The van der Waals surface area contributed by atoms with Crippen LogP contribution in [0.3, 0.4) is 0 Å². The van der Waals surface area contributed by atoms with Gasteiger partial charge >= 0.3 is 0 Å². The Morgan fingerprint density at radius 2 is 2.39 bits per heavy atom. The van der Waals surface area contributed by atoms with Crippen LogP contribution in [0.15, 0.2) is 17.2 Å². The first-order valence-electron chi connectivity index (χ1n) is 6.18. The van der Waals surface area contributed by atoms with E-state index in [4.69, 9.17) is 0 Å². The average molecular weight is 251 g/mol. The number of nitrogens with zero attached hydrogens (tertiary/aromatic N) is 1. The Balaban J connectivity index is 2.73. The summed E-state index contributed by atoms with van der Waals surface area (Å²) >= 11 is 0. The fourth-order valence-corrected chi connectivity index (χ4v) is 1.63. The van der Waals surface area contributed by atoms with E-state index in [9.17, 15) is 9.90 Å². The molecule has 5 heteroatoms. The molecule has 0 saturated carbocycles. The maximum absolute atomic E-state index is 11.5. The second kappa shape index (κ2) is 7.08. The second-order valence-electron chi connectivity index (χ2n) is 4.21. The van der Waals surface area contributed by atoms with Crippen molar-refractivity contribution < 1.29 is 5.11 Å². The summed E-state index contributed by atoms with van der Waals surface area (Å²) in [5, 5.41) is 12.6. The lowest BCUT2D eigenvalue weighted by atomic mass is 10.1. The Kier molecular flexibility index (Phi) is 5.74. The van der Waals surface area contributed by atoms with Gasteiger partial charge in [0.2, 0.25) is 0 Å². The molecule has 0 aliphatic carbocycles. The Morgan fingerprint density at radius 3 is 3.00 bits per heavy atom. The number of allylic oxidation sites excluding steroid dienone is 1. The highest BCUT2D eigenvalue weighted by molar-refractivity contribution is 5.65. The van der Waals surface area contributed by atoms with Crippen LogP contribution in [0.2, 0.25) is 0 Å². The molecule has 0 spiro atoms. The van der Waals surface area contributed by atoms with E-state index in [0.29, 0.717) is 24.3 Å². The highest BCUT2D eigenvalue weighted by atomic mass is 16.3. The lowest BCUT2D eigenvalue weighted by Crippen LogP contribution is -2.28. The van der Waals surface area contributed by atoms with E-state index in [1.54, 1.807) is 6.92 Å². The summed E-state index contributed by atoms with van der Waals surface area (Å²) < 4.78 is 0. The molecule has 3 N–H and O–H groups in total. The van der Waals surface area contributed by atoms with Crippen molar-refractivity contribution in [2.45, 2.75) is 33.3 Å². The monoisotopic (exact) mass is 251 g/mol. The van der Waals surface area contributed by atoms with Gasteiger partial charge in [-0.15, -0.1) is 0 Å². The molecule has 0 aliphatic rings. The van der Waals surface area contributed by atoms with E-state index in [1.807, 2.05) is 19.9 Å². The zero-order valence-electron chi connectivity index (χ0n) is 11.2. The van der Waals surface area contributed by atoms with Crippen LogP contribution < -0.4 is 10.9 Å². The lowest BCUT2D eigenvalue weighted by molar-refractivity contribution is 0.169. The number of aromatic amines is 1. The van der Waals surface area contributed by atoms with Crippen molar-refractivity contribution in [3.05, 3.63) is 34.0 Å². The molecule has 0 amide bonds. The molecule has 18 heavy (non-hydrogen) atoms. The van der Waals surface area contributed by atoms with Crippen LogP contribution in [-0.2, 0) is 0 Å². The second-order valence-corrected chi connectivity index (χ2v) is 4.21. The van der Waals surface area contributed by atoms with Crippen LogP contribution in [-0.4, -0.2) is 34.3 Å². The van der Waals surface area contributed by atoms with Crippen LogP contribution in [0, 0.1) is 6.92 Å². The molecule has 0 unspecified atom stereocenters. The van der Waals surface area contributed by atoms with Crippen molar-refractivity contribution in [3.63, 3.8) is 0 Å². The normalized spacial score (nSPS) is 13.7. The number of aliphatic hydroxyl groups excluding tert-OH is 1. The Labute approximate surface area is 107 Å². The molecule has 1 aromatic heterocycles. The van der Waals surface area contributed by atoms with Crippen LogP contribution in [0.4, 0.5) is 0 Å². The molecule has 0 aliphatic heterocycles. The van der Waals surface area contributed by atoms with Crippen molar-refractivity contribution in [2.75, 3.05) is 13.1 Å². The van der Waals surface area contributed by atoms with E-state index in [1.165, 1.54) is 6.33 Å². The fraction of sp³-hybridized carbons (Fsp3) is 0.538. The molecule has 5 nitrogen and oxygen atoms in total. The predicted octanol–water partition coefficient (Wildman–Crippen LogP) is 0.842. The molecule has 0 bridgehead atoms. The summed E-state index contributed by atoms with van der Waals surface area (Å²) in [6, 6.07) is 0. The minimum absolute atomic E-state index is 0.118. The third-order valence-corrected chi connectivity index (χ3v) is 2.90. The topological polar surface area (TPSA) is 78.0 Å². The molecular weight excluding hydrogens is 230 g/mol. The zero-order valence-corrected chi connectivity index (χ0v) is 11.2. The number of nitrogens with one attached hydrogen (secondary N) is 2. The van der Waals surface area contributed by atoms with E-state index >= 15 is 0 Å². The SMILES string of the molecule is C/C=C(/CNC[C@H](O)CC)c1nc[nH]c(=O)c1C. The van der Waals surface area contributed by atoms with Crippen LogP contribution in [0.25, 0.3) is 5.57 Å². The molecule has 1 rings (SSSR count). The summed E-state index contributed by atoms with van der Waals surface area (Å²) in [4.78, 5) is 18.3. The maximum atomic E-state index is 11.5. The quantitative estimate of drug-likeness (QED) is 0.700. The summed E-state index contributed by atoms with van der Waals surface area (Å²) in [6.45, 7) is 6.73. The number of aromatic nitrogens is 2. The Hall–Kier alpha value is -1.46. The Bertz CT molecular complexity index is 466. The van der Waals surface area contributed by atoms with Crippen molar-refractivity contribution in [1.29, 1.82) is 0 Å². The van der Waals surface area contributed by atoms with Gasteiger partial charge < -0.3 is 15.4 Å². The molecule has 0 radical (unpaired) electrons. The predicted molar refractivity (Wildman–Crippen MR) is 72.4 cm³/mol. The summed E-state index contributed by atoms with van der Waals surface area (Å²) in [7, 11) is 0. The zero-order chi connectivity index (χ0) is 13.5. The van der Waals surface area contributed by atoms with Gasteiger partial charge in [0.15, 0.2) is 0 Å². The van der Waals surface area contributed by atoms with Crippen molar-refractivity contribution in [3.8, 4) is 0 Å². The van der Waals surface area contributed by atoms with Gasteiger partial charge in [0.25, 0.3) is 5.56 Å². The third-order valence-electron chi connectivity index (χ3n) is 2.90.